The highest BCUT2D eigenvalue weighted by molar-refractivity contribution is 7.89. The van der Waals surface area contributed by atoms with Crippen LogP contribution < -0.4 is 10.4 Å². The Morgan fingerprint density at radius 2 is 1.88 bits per heavy atom. The number of rotatable bonds is 5. The number of nitrogens with zero attached hydrogens (tertiary/aromatic N) is 1. The van der Waals surface area contributed by atoms with E-state index in [1.807, 2.05) is 0 Å². The molecule has 2 heterocycles. The van der Waals surface area contributed by atoms with Gasteiger partial charge in [0.1, 0.15) is 0 Å². The van der Waals surface area contributed by atoms with Crippen molar-refractivity contribution in [3.63, 3.8) is 0 Å². The number of aryl methyl sites for hydroxylation is 1. The first-order chi connectivity index (χ1) is 12.3. The minimum Gasteiger partial charge on any atom is -0.545 e. The second-order valence-corrected chi connectivity index (χ2v) is 9.13. The Kier molecular flexibility index (Phi) is 5.12. The Morgan fingerprint density at radius 1 is 1.19 bits per heavy atom. The number of carbonyl (C=O) groups excluding carboxylic acids is 2. The minimum atomic E-state index is -3.60. The predicted molar refractivity (Wildman–Crippen MR) is 95.8 cm³/mol. The highest BCUT2D eigenvalue weighted by Gasteiger charge is 2.30. The lowest BCUT2D eigenvalue weighted by molar-refractivity contribution is -0.255. The molecular weight excluding hydrogens is 376 g/mol. The lowest BCUT2D eigenvalue weighted by Gasteiger charge is -2.14. The van der Waals surface area contributed by atoms with E-state index in [1.54, 1.807) is 13.0 Å². The molecule has 0 atom stereocenters. The van der Waals surface area contributed by atoms with E-state index in [4.69, 9.17) is 0 Å². The van der Waals surface area contributed by atoms with Crippen LogP contribution in [0.5, 0.6) is 0 Å². The molecule has 1 saturated heterocycles. The van der Waals surface area contributed by atoms with Gasteiger partial charge in [-0.25, -0.2) is 8.42 Å². The Labute approximate surface area is 155 Å². The van der Waals surface area contributed by atoms with Crippen molar-refractivity contribution in [3.8, 4) is 0 Å². The van der Waals surface area contributed by atoms with Gasteiger partial charge in [-0.1, -0.05) is 12.1 Å². The smallest absolute Gasteiger partial charge is 0.265 e. The SMILES string of the molecule is Cc1sc(C(=O)Nc2cccc(C(=O)[O-])c2)cc1S(=O)(=O)N1CCCC1. The number of aromatic carboxylic acids is 1. The Morgan fingerprint density at radius 3 is 2.54 bits per heavy atom. The molecule has 9 heteroatoms. The fourth-order valence-electron chi connectivity index (χ4n) is 2.82. The van der Waals surface area contributed by atoms with E-state index in [2.05, 4.69) is 5.32 Å². The summed E-state index contributed by atoms with van der Waals surface area (Å²) >= 11 is 1.09. The molecule has 2 aromatic rings. The molecule has 1 N–H and O–H groups in total. The highest BCUT2D eigenvalue weighted by atomic mass is 32.2. The molecule has 1 aromatic heterocycles. The van der Waals surface area contributed by atoms with E-state index in [0.717, 1.165) is 24.2 Å². The molecule has 0 spiro atoms. The van der Waals surface area contributed by atoms with Crippen LogP contribution in [0.4, 0.5) is 5.69 Å². The Bertz CT molecular complexity index is 959. The number of carboxylic acids is 1. The second-order valence-electron chi connectivity index (χ2n) is 5.96. The number of benzene rings is 1. The number of hydrogen-bond donors (Lipinski definition) is 1. The number of carboxylic acid groups (broad SMARTS) is 1. The van der Waals surface area contributed by atoms with Crippen molar-refractivity contribution in [2.75, 3.05) is 18.4 Å². The van der Waals surface area contributed by atoms with Crippen molar-refractivity contribution < 1.29 is 23.1 Å². The van der Waals surface area contributed by atoms with Gasteiger partial charge >= 0.3 is 0 Å². The molecular formula is C17H17N2O5S2-. The standard InChI is InChI=1S/C17H18N2O5S2/c1-11-15(26(23,24)19-7-2-3-8-19)10-14(25-11)16(20)18-13-6-4-5-12(9-13)17(21)22/h4-6,9-10H,2-3,7-8H2,1H3,(H,18,20)(H,21,22)/p-1. The number of sulfonamides is 1. The van der Waals surface area contributed by atoms with Crippen molar-refractivity contribution in [2.24, 2.45) is 0 Å². The molecule has 0 bridgehead atoms. The molecule has 3 rings (SSSR count). The number of anilines is 1. The molecule has 1 aromatic carbocycles. The van der Waals surface area contributed by atoms with E-state index in [9.17, 15) is 23.1 Å². The maximum atomic E-state index is 12.7. The van der Waals surface area contributed by atoms with Crippen LogP contribution in [0.2, 0.25) is 0 Å². The molecule has 138 valence electrons. The molecule has 7 nitrogen and oxygen atoms in total. The number of thiophene rings is 1. The van der Waals surface area contributed by atoms with Crippen LogP contribution in [0.25, 0.3) is 0 Å². The summed E-state index contributed by atoms with van der Waals surface area (Å²) < 4.78 is 26.8. The fourth-order valence-corrected chi connectivity index (χ4v) is 5.79. The Balaban J connectivity index is 1.83. The monoisotopic (exact) mass is 393 g/mol. The summed E-state index contributed by atoms with van der Waals surface area (Å²) in [5, 5.41) is 13.5. The fraction of sp³-hybridized carbons (Fsp3) is 0.294. The van der Waals surface area contributed by atoms with E-state index in [-0.39, 0.29) is 15.3 Å². The molecule has 26 heavy (non-hydrogen) atoms. The zero-order chi connectivity index (χ0) is 18.9. The van der Waals surface area contributed by atoms with Gasteiger partial charge in [0.2, 0.25) is 10.0 Å². The third-order valence-electron chi connectivity index (χ3n) is 4.14. The van der Waals surface area contributed by atoms with Crippen LogP contribution in [0.3, 0.4) is 0 Å². The summed E-state index contributed by atoms with van der Waals surface area (Å²) in [6.45, 7) is 2.66. The van der Waals surface area contributed by atoms with Crippen molar-refractivity contribution >= 4 is 38.9 Å². The molecule has 0 unspecified atom stereocenters. The summed E-state index contributed by atoms with van der Waals surface area (Å²) in [6.07, 6.45) is 1.68. The van der Waals surface area contributed by atoms with Crippen LogP contribution in [-0.2, 0) is 10.0 Å². The molecule has 1 amide bonds. The first-order valence-corrected chi connectivity index (χ1v) is 10.3. The summed E-state index contributed by atoms with van der Waals surface area (Å²) in [7, 11) is -3.60. The van der Waals surface area contributed by atoms with Crippen molar-refractivity contribution in [1.29, 1.82) is 0 Å². The van der Waals surface area contributed by atoms with Gasteiger partial charge in [0, 0.05) is 23.7 Å². The van der Waals surface area contributed by atoms with Crippen molar-refractivity contribution in [1.82, 2.24) is 4.31 Å². The third kappa shape index (κ3) is 3.64. The summed E-state index contributed by atoms with van der Waals surface area (Å²) in [5.74, 6) is -1.83. The average molecular weight is 393 g/mol. The van der Waals surface area contributed by atoms with Crippen molar-refractivity contribution in [2.45, 2.75) is 24.7 Å². The van der Waals surface area contributed by atoms with Crippen LogP contribution >= 0.6 is 11.3 Å². The average Bonchev–Trinajstić information content (AvgIpc) is 3.25. The van der Waals surface area contributed by atoms with E-state index >= 15 is 0 Å². The van der Waals surface area contributed by atoms with Gasteiger partial charge in [0.25, 0.3) is 5.91 Å². The van der Waals surface area contributed by atoms with Gasteiger partial charge in [-0.3, -0.25) is 4.79 Å². The molecule has 1 aliphatic rings. The second kappa shape index (κ2) is 7.18. The van der Waals surface area contributed by atoms with Crippen molar-refractivity contribution in [3.05, 3.63) is 45.6 Å². The lowest BCUT2D eigenvalue weighted by atomic mass is 10.2. The summed E-state index contributed by atoms with van der Waals surface area (Å²) in [5.41, 5.74) is 0.245. The topological polar surface area (TPSA) is 107 Å². The van der Waals surface area contributed by atoms with Crippen LogP contribution in [0.15, 0.2) is 35.2 Å². The zero-order valence-electron chi connectivity index (χ0n) is 14.0. The normalized spacial score (nSPS) is 15.1. The first-order valence-electron chi connectivity index (χ1n) is 8.02. The molecule has 0 saturated carbocycles. The largest absolute Gasteiger partial charge is 0.545 e. The van der Waals surface area contributed by atoms with Gasteiger partial charge in [0.15, 0.2) is 0 Å². The number of amides is 1. The minimum absolute atomic E-state index is 0.0533. The van der Waals surface area contributed by atoms with Gasteiger partial charge in [-0.15, -0.1) is 11.3 Å². The number of carbonyl (C=O) groups is 2. The third-order valence-corrected chi connectivity index (χ3v) is 7.34. The van der Waals surface area contributed by atoms with E-state index < -0.39 is 21.9 Å². The lowest BCUT2D eigenvalue weighted by Crippen LogP contribution is -2.28. The molecule has 1 aliphatic heterocycles. The van der Waals surface area contributed by atoms with Gasteiger partial charge in [-0.05, 0) is 43.5 Å². The molecule has 0 aliphatic carbocycles. The Hall–Kier alpha value is -2.23. The quantitative estimate of drug-likeness (QED) is 0.828. The first kappa shape index (κ1) is 18.6. The van der Waals surface area contributed by atoms with E-state index in [1.165, 1.54) is 28.6 Å². The predicted octanol–water partition coefficient (Wildman–Crippen LogP) is 1.46. The number of nitrogens with one attached hydrogen (secondary N) is 1. The maximum Gasteiger partial charge on any atom is 0.265 e. The van der Waals surface area contributed by atoms with Crippen LogP contribution in [-0.4, -0.2) is 37.7 Å². The number of hydrogen-bond acceptors (Lipinski definition) is 6. The summed E-state index contributed by atoms with van der Waals surface area (Å²) in [6, 6.07) is 7.07. The zero-order valence-corrected chi connectivity index (χ0v) is 15.7. The van der Waals surface area contributed by atoms with Gasteiger partial charge < -0.3 is 15.2 Å². The van der Waals surface area contributed by atoms with E-state index in [0.29, 0.717) is 23.7 Å². The molecule has 1 fully saturated rings. The molecule has 0 radical (unpaired) electrons. The maximum absolute atomic E-state index is 12.7. The van der Waals surface area contributed by atoms with Crippen LogP contribution in [0.1, 0.15) is 37.7 Å². The highest BCUT2D eigenvalue weighted by Crippen LogP contribution is 2.30. The van der Waals surface area contributed by atoms with Gasteiger partial charge in [-0.2, -0.15) is 4.31 Å². The van der Waals surface area contributed by atoms with Gasteiger partial charge in [0.05, 0.1) is 15.7 Å². The summed E-state index contributed by atoms with van der Waals surface area (Å²) in [4.78, 5) is 24.3. The van der Waals surface area contributed by atoms with Crippen LogP contribution in [0, 0.1) is 6.92 Å².